The Bertz CT molecular complexity index is 679. The van der Waals surface area contributed by atoms with Gasteiger partial charge in [-0.2, -0.15) is 13.2 Å². The molecule has 1 aromatic carbocycles. The SMILES string of the molecule is Nc1cc(F)ccc1N1CCn2c(nnc2C(F)(F)F)C1. The van der Waals surface area contributed by atoms with E-state index < -0.39 is 17.8 Å². The Labute approximate surface area is 117 Å². The highest BCUT2D eigenvalue weighted by atomic mass is 19.4. The van der Waals surface area contributed by atoms with Crippen molar-refractivity contribution in [2.75, 3.05) is 17.2 Å². The van der Waals surface area contributed by atoms with E-state index in [1.165, 1.54) is 18.2 Å². The fourth-order valence-corrected chi connectivity index (χ4v) is 2.39. The van der Waals surface area contributed by atoms with Crippen LogP contribution in [0.15, 0.2) is 18.2 Å². The van der Waals surface area contributed by atoms with Crippen LogP contribution in [0.1, 0.15) is 11.6 Å². The van der Waals surface area contributed by atoms with Crippen molar-refractivity contribution in [2.24, 2.45) is 0 Å². The Balaban J connectivity index is 1.90. The Morgan fingerprint density at radius 3 is 2.57 bits per heavy atom. The van der Waals surface area contributed by atoms with Gasteiger partial charge in [-0.05, 0) is 18.2 Å². The first kappa shape index (κ1) is 13.7. The number of halogens is 4. The molecule has 2 N–H and O–H groups in total. The predicted molar refractivity (Wildman–Crippen MR) is 66.9 cm³/mol. The molecule has 9 heteroatoms. The molecule has 2 heterocycles. The van der Waals surface area contributed by atoms with Crippen molar-refractivity contribution in [1.82, 2.24) is 14.8 Å². The van der Waals surface area contributed by atoms with E-state index in [4.69, 9.17) is 5.73 Å². The summed E-state index contributed by atoms with van der Waals surface area (Å²) in [5.74, 6) is -1.25. The predicted octanol–water partition coefficient (Wildman–Crippen LogP) is 2.04. The molecular formula is C12H11F4N5. The minimum absolute atomic E-state index is 0.0913. The third kappa shape index (κ3) is 2.39. The average molecular weight is 301 g/mol. The molecule has 3 rings (SSSR count). The van der Waals surface area contributed by atoms with Gasteiger partial charge >= 0.3 is 6.18 Å². The minimum Gasteiger partial charge on any atom is -0.397 e. The molecule has 0 radical (unpaired) electrons. The summed E-state index contributed by atoms with van der Waals surface area (Å²) in [5.41, 5.74) is 6.55. The molecule has 0 saturated heterocycles. The van der Waals surface area contributed by atoms with E-state index in [2.05, 4.69) is 10.2 Å². The number of nitrogens with two attached hydrogens (primary N) is 1. The maximum absolute atomic E-state index is 13.0. The minimum atomic E-state index is -4.53. The number of aromatic nitrogens is 3. The average Bonchev–Trinajstić information content (AvgIpc) is 2.81. The molecule has 5 nitrogen and oxygen atoms in total. The van der Waals surface area contributed by atoms with Gasteiger partial charge in [0.05, 0.1) is 17.9 Å². The van der Waals surface area contributed by atoms with Gasteiger partial charge in [-0.25, -0.2) is 4.39 Å². The molecule has 1 aromatic heterocycles. The summed E-state index contributed by atoms with van der Waals surface area (Å²) < 4.78 is 52.3. The summed E-state index contributed by atoms with van der Waals surface area (Å²) >= 11 is 0. The van der Waals surface area contributed by atoms with Crippen molar-refractivity contribution in [2.45, 2.75) is 19.3 Å². The lowest BCUT2D eigenvalue weighted by molar-refractivity contribution is -0.147. The summed E-state index contributed by atoms with van der Waals surface area (Å²) in [4.78, 5) is 1.75. The highest BCUT2D eigenvalue weighted by Gasteiger charge is 2.39. The summed E-state index contributed by atoms with van der Waals surface area (Å²) in [6, 6.07) is 3.93. The third-order valence-corrected chi connectivity index (χ3v) is 3.34. The number of rotatable bonds is 1. The van der Waals surface area contributed by atoms with Gasteiger partial charge in [-0.15, -0.1) is 10.2 Å². The fraction of sp³-hybridized carbons (Fsp3) is 0.333. The number of anilines is 2. The maximum Gasteiger partial charge on any atom is 0.451 e. The molecule has 0 aliphatic carbocycles. The molecule has 0 fully saturated rings. The van der Waals surface area contributed by atoms with Gasteiger partial charge in [-0.3, -0.25) is 0 Å². The zero-order valence-electron chi connectivity index (χ0n) is 10.7. The Kier molecular flexibility index (Phi) is 2.99. The molecule has 0 bridgehead atoms. The van der Waals surface area contributed by atoms with Gasteiger partial charge in [-0.1, -0.05) is 0 Å². The molecule has 0 saturated carbocycles. The highest BCUT2D eigenvalue weighted by Crippen LogP contribution is 2.31. The standard InChI is InChI=1S/C12H11F4N5/c13-7-1-2-9(8(17)5-7)20-3-4-21-10(6-20)18-19-11(21)12(14,15)16/h1-2,5H,3-4,6,17H2. The second kappa shape index (κ2) is 4.61. The quantitative estimate of drug-likeness (QED) is 0.647. The molecule has 1 aliphatic rings. The van der Waals surface area contributed by atoms with Crippen molar-refractivity contribution in [1.29, 1.82) is 0 Å². The topological polar surface area (TPSA) is 60.0 Å². The second-order valence-corrected chi connectivity index (χ2v) is 4.71. The van der Waals surface area contributed by atoms with Crippen LogP contribution in [0.25, 0.3) is 0 Å². The highest BCUT2D eigenvalue weighted by molar-refractivity contribution is 5.67. The Morgan fingerprint density at radius 1 is 1.14 bits per heavy atom. The van der Waals surface area contributed by atoms with E-state index in [0.29, 0.717) is 12.2 Å². The zero-order valence-corrected chi connectivity index (χ0v) is 10.7. The summed E-state index contributed by atoms with van der Waals surface area (Å²) in [6.07, 6.45) is -4.53. The van der Waals surface area contributed by atoms with Gasteiger partial charge < -0.3 is 15.2 Å². The van der Waals surface area contributed by atoms with E-state index >= 15 is 0 Å². The van der Waals surface area contributed by atoms with Gasteiger partial charge in [0.25, 0.3) is 0 Å². The van der Waals surface area contributed by atoms with E-state index in [9.17, 15) is 17.6 Å². The number of alkyl halides is 3. The fourth-order valence-electron chi connectivity index (χ4n) is 2.39. The molecule has 1 aliphatic heterocycles. The zero-order chi connectivity index (χ0) is 15.2. The summed E-state index contributed by atoms with van der Waals surface area (Å²) in [7, 11) is 0. The Hall–Kier alpha value is -2.32. The van der Waals surface area contributed by atoms with Crippen molar-refractivity contribution in [3.8, 4) is 0 Å². The number of nitrogens with zero attached hydrogens (tertiary/aromatic N) is 4. The first-order valence-corrected chi connectivity index (χ1v) is 6.15. The van der Waals surface area contributed by atoms with E-state index in [-0.39, 0.29) is 24.6 Å². The van der Waals surface area contributed by atoms with Crippen LogP contribution in [0.5, 0.6) is 0 Å². The van der Waals surface area contributed by atoms with Crippen molar-refractivity contribution in [3.05, 3.63) is 35.7 Å². The molecule has 0 spiro atoms. The van der Waals surface area contributed by atoms with Crippen LogP contribution >= 0.6 is 0 Å². The number of hydrogen-bond donors (Lipinski definition) is 1. The largest absolute Gasteiger partial charge is 0.451 e. The first-order valence-electron chi connectivity index (χ1n) is 6.15. The normalized spacial score (nSPS) is 15.1. The van der Waals surface area contributed by atoms with Gasteiger partial charge in [0.15, 0.2) is 5.82 Å². The second-order valence-electron chi connectivity index (χ2n) is 4.71. The molecule has 2 aromatic rings. The van der Waals surface area contributed by atoms with E-state index in [1.807, 2.05) is 0 Å². The monoisotopic (exact) mass is 301 g/mol. The molecular weight excluding hydrogens is 290 g/mol. The van der Waals surface area contributed by atoms with Crippen LogP contribution in [0, 0.1) is 5.82 Å². The molecule has 0 atom stereocenters. The van der Waals surface area contributed by atoms with Crippen molar-refractivity contribution in [3.63, 3.8) is 0 Å². The maximum atomic E-state index is 13.0. The lowest BCUT2D eigenvalue weighted by Gasteiger charge is -2.30. The molecule has 0 unspecified atom stereocenters. The van der Waals surface area contributed by atoms with Crippen LogP contribution in [0.3, 0.4) is 0 Å². The van der Waals surface area contributed by atoms with Crippen LogP contribution in [0.4, 0.5) is 28.9 Å². The summed E-state index contributed by atoms with van der Waals surface area (Å²) in [5, 5.41) is 6.79. The Morgan fingerprint density at radius 2 is 1.90 bits per heavy atom. The van der Waals surface area contributed by atoms with Gasteiger partial charge in [0, 0.05) is 13.1 Å². The van der Waals surface area contributed by atoms with Crippen molar-refractivity contribution < 1.29 is 17.6 Å². The van der Waals surface area contributed by atoms with E-state index in [1.54, 1.807) is 4.90 Å². The van der Waals surface area contributed by atoms with Crippen LogP contribution in [-0.2, 0) is 19.3 Å². The number of benzene rings is 1. The van der Waals surface area contributed by atoms with Crippen LogP contribution < -0.4 is 10.6 Å². The summed E-state index contributed by atoms with van der Waals surface area (Å²) in [6.45, 7) is 0.539. The lowest BCUT2D eigenvalue weighted by Crippen LogP contribution is -2.35. The van der Waals surface area contributed by atoms with Crippen LogP contribution in [-0.4, -0.2) is 21.3 Å². The molecule has 0 amide bonds. The van der Waals surface area contributed by atoms with Gasteiger partial charge in [0.1, 0.15) is 5.82 Å². The smallest absolute Gasteiger partial charge is 0.397 e. The van der Waals surface area contributed by atoms with E-state index in [0.717, 1.165) is 4.57 Å². The first-order chi connectivity index (χ1) is 9.86. The number of hydrogen-bond acceptors (Lipinski definition) is 4. The lowest BCUT2D eigenvalue weighted by atomic mass is 10.2. The molecule has 21 heavy (non-hydrogen) atoms. The van der Waals surface area contributed by atoms with Crippen LogP contribution in [0.2, 0.25) is 0 Å². The number of fused-ring (bicyclic) bond motifs is 1. The number of nitrogen functional groups attached to an aromatic ring is 1. The van der Waals surface area contributed by atoms with Gasteiger partial charge in [0.2, 0.25) is 5.82 Å². The third-order valence-electron chi connectivity index (χ3n) is 3.34. The van der Waals surface area contributed by atoms with Crippen molar-refractivity contribution >= 4 is 11.4 Å². The molecule has 112 valence electrons.